The number of carbonyl (C=O) groups is 4. The van der Waals surface area contributed by atoms with Crippen LogP contribution in [0.2, 0.25) is 0 Å². The molecule has 4 aromatic heterocycles. The van der Waals surface area contributed by atoms with E-state index in [1.807, 2.05) is 0 Å². The number of aromatic amines is 1. The molecule has 0 aliphatic heterocycles. The number of methoxy groups -OCH3 is 4. The highest BCUT2D eigenvalue weighted by atomic mass is 16.6. The van der Waals surface area contributed by atoms with Crippen LogP contribution in [0.25, 0.3) is 38.7 Å². The van der Waals surface area contributed by atoms with Gasteiger partial charge < -0.3 is 23.9 Å². The second-order valence-electron chi connectivity index (χ2n) is 8.42. The van der Waals surface area contributed by atoms with Crippen molar-refractivity contribution in [3.8, 4) is 11.3 Å². The van der Waals surface area contributed by atoms with Gasteiger partial charge in [-0.1, -0.05) is 30.3 Å². The maximum atomic E-state index is 13.1. The Hall–Kier alpha value is -5.86. The molecule has 15 nitrogen and oxygen atoms in total. The fourth-order valence-electron chi connectivity index (χ4n) is 4.64. The summed E-state index contributed by atoms with van der Waals surface area (Å²) in [5, 5.41) is 16.6. The van der Waals surface area contributed by atoms with Crippen molar-refractivity contribution in [2.75, 3.05) is 28.4 Å². The molecule has 0 bridgehead atoms. The Labute approximate surface area is 228 Å². The Balaban J connectivity index is 2.18. The SMILES string of the molecule is COC(=O)c1nc2c3c([nH]c(C(=O)OC)c(C(=O)OC)c3c([N+](=O)[O-])c3cc(-c4ccccc4)nn32)c1C(=O)OC. The van der Waals surface area contributed by atoms with Crippen LogP contribution in [0.15, 0.2) is 36.4 Å². The van der Waals surface area contributed by atoms with Crippen LogP contribution >= 0.6 is 0 Å². The molecule has 5 aromatic rings. The number of nitro groups is 1. The minimum absolute atomic E-state index is 0.135. The van der Waals surface area contributed by atoms with Crippen LogP contribution in [-0.4, -0.2) is 76.8 Å². The molecule has 0 aliphatic carbocycles. The number of nitrogens with one attached hydrogen (secondary N) is 1. The molecule has 15 heteroatoms. The Morgan fingerprint density at radius 3 is 2.05 bits per heavy atom. The zero-order valence-corrected chi connectivity index (χ0v) is 21.8. The zero-order chi connectivity index (χ0) is 29.6. The number of rotatable bonds is 6. The van der Waals surface area contributed by atoms with Crippen molar-refractivity contribution in [2.45, 2.75) is 0 Å². The van der Waals surface area contributed by atoms with Gasteiger partial charge in [-0.25, -0.2) is 28.7 Å². The molecule has 208 valence electrons. The first-order chi connectivity index (χ1) is 19.7. The lowest BCUT2D eigenvalue weighted by Crippen LogP contribution is -2.21. The Morgan fingerprint density at radius 1 is 0.854 bits per heavy atom. The number of benzene rings is 1. The highest BCUT2D eigenvalue weighted by Crippen LogP contribution is 2.42. The van der Waals surface area contributed by atoms with Crippen molar-refractivity contribution in [2.24, 2.45) is 0 Å². The minimum atomic E-state index is -1.13. The standard InChI is InChI=1S/C26H19N5O10/c1-38-23(32)16-14-15-18(27-19(16)25(34)40-3)17(24(33)39-2)20(26(35)41-4)28-22(15)30-13(21(14)31(36)37)10-12(29-30)11-8-6-5-7-9-11/h5-10,27H,1-4H3. The predicted molar refractivity (Wildman–Crippen MR) is 140 cm³/mol. The summed E-state index contributed by atoms with van der Waals surface area (Å²) in [7, 11) is 4.13. The lowest BCUT2D eigenvalue weighted by Gasteiger charge is -2.17. The van der Waals surface area contributed by atoms with Gasteiger partial charge in [-0.05, 0) is 6.07 Å². The summed E-state index contributed by atoms with van der Waals surface area (Å²) in [6.45, 7) is 0. The predicted octanol–water partition coefficient (Wildman–Crippen LogP) is 3.09. The van der Waals surface area contributed by atoms with Gasteiger partial charge in [-0.2, -0.15) is 5.10 Å². The molecule has 4 heterocycles. The Bertz CT molecular complexity index is 1940. The van der Waals surface area contributed by atoms with Crippen LogP contribution in [0.1, 0.15) is 41.7 Å². The van der Waals surface area contributed by atoms with Crippen molar-refractivity contribution in [1.82, 2.24) is 19.6 Å². The summed E-state index contributed by atoms with van der Waals surface area (Å²) >= 11 is 0. The highest BCUT2D eigenvalue weighted by molar-refractivity contribution is 6.26. The third-order valence-corrected chi connectivity index (χ3v) is 6.37. The van der Waals surface area contributed by atoms with E-state index in [1.165, 1.54) is 6.07 Å². The summed E-state index contributed by atoms with van der Waals surface area (Å²) in [5.74, 6) is -4.40. The van der Waals surface area contributed by atoms with E-state index in [1.54, 1.807) is 30.3 Å². The maximum absolute atomic E-state index is 13.1. The summed E-state index contributed by atoms with van der Waals surface area (Å²) in [6.07, 6.45) is 0. The maximum Gasteiger partial charge on any atom is 0.357 e. The van der Waals surface area contributed by atoms with Gasteiger partial charge in [-0.15, -0.1) is 0 Å². The van der Waals surface area contributed by atoms with Gasteiger partial charge in [0, 0.05) is 5.56 Å². The van der Waals surface area contributed by atoms with Crippen molar-refractivity contribution >= 4 is 57.0 Å². The summed E-state index contributed by atoms with van der Waals surface area (Å²) in [5.41, 5.74) is -2.59. The van der Waals surface area contributed by atoms with E-state index in [0.29, 0.717) is 5.56 Å². The van der Waals surface area contributed by atoms with Gasteiger partial charge in [0.05, 0.1) is 55.3 Å². The van der Waals surface area contributed by atoms with Crippen molar-refractivity contribution in [1.29, 1.82) is 0 Å². The summed E-state index contributed by atoms with van der Waals surface area (Å²) in [4.78, 5) is 70.8. The molecular formula is C26H19N5O10. The number of ether oxygens (including phenoxy) is 4. The van der Waals surface area contributed by atoms with Gasteiger partial charge in [-0.3, -0.25) is 10.1 Å². The number of fused-ring (bicyclic) bond motifs is 2. The molecular weight excluding hydrogens is 542 g/mol. The van der Waals surface area contributed by atoms with Gasteiger partial charge >= 0.3 is 29.6 Å². The topological polar surface area (TPSA) is 194 Å². The molecule has 0 saturated heterocycles. The highest BCUT2D eigenvalue weighted by Gasteiger charge is 2.37. The van der Waals surface area contributed by atoms with Crippen molar-refractivity contribution < 1.29 is 43.0 Å². The molecule has 0 aliphatic rings. The molecule has 0 unspecified atom stereocenters. The average Bonchev–Trinajstić information content (AvgIpc) is 3.44. The number of nitrogens with zero attached hydrogens (tertiary/aromatic N) is 4. The first-order valence-electron chi connectivity index (χ1n) is 11.7. The van der Waals surface area contributed by atoms with E-state index >= 15 is 0 Å². The summed E-state index contributed by atoms with van der Waals surface area (Å²) < 4.78 is 20.5. The van der Waals surface area contributed by atoms with Crippen LogP contribution in [-0.2, 0) is 18.9 Å². The first kappa shape index (κ1) is 26.7. The summed E-state index contributed by atoms with van der Waals surface area (Å²) in [6, 6.07) is 10.1. The normalized spacial score (nSPS) is 11.0. The zero-order valence-electron chi connectivity index (χ0n) is 21.8. The third-order valence-electron chi connectivity index (χ3n) is 6.37. The second kappa shape index (κ2) is 10.0. The van der Waals surface area contributed by atoms with Crippen molar-refractivity contribution in [3.63, 3.8) is 0 Å². The van der Waals surface area contributed by atoms with E-state index in [2.05, 4.69) is 15.1 Å². The van der Waals surface area contributed by atoms with E-state index in [0.717, 1.165) is 33.0 Å². The largest absolute Gasteiger partial charge is 0.465 e. The molecule has 0 saturated carbocycles. The number of esters is 4. The van der Waals surface area contributed by atoms with E-state index in [-0.39, 0.29) is 27.8 Å². The van der Waals surface area contributed by atoms with E-state index in [9.17, 15) is 29.3 Å². The molecule has 1 N–H and O–H groups in total. The monoisotopic (exact) mass is 561 g/mol. The first-order valence-corrected chi connectivity index (χ1v) is 11.7. The van der Waals surface area contributed by atoms with Crippen LogP contribution in [0.3, 0.4) is 0 Å². The van der Waals surface area contributed by atoms with Gasteiger partial charge in [0.15, 0.2) is 11.3 Å². The number of aromatic nitrogens is 4. The third kappa shape index (κ3) is 3.98. The minimum Gasteiger partial charge on any atom is -0.465 e. The molecule has 0 fully saturated rings. The molecule has 41 heavy (non-hydrogen) atoms. The number of hydrogen-bond donors (Lipinski definition) is 1. The number of H-pyrrole nitrogens is 1. The van der Waals surface area contributed by atoms with E-state index in [4.69, 9.17) is 18.9 Å². The van der Waals surface area contributed by atoms with Crippen molar-refractivity contribution in [3.05, 3.63) is 69.0 Å². The van der Waals surface area contributed by atoms with Crippen LogP contribution in [0, 0.1) is 10.1 Å². The molecule has 5 rings (SSSR count). The fourth-order valence-corrected chi connectivity index (χ4v) is 4.64. The van der Waals surface area contributed by atoms with E-state index < -0.39 is 62.4 Å². The molecule has 1 aromatic carbocycles. The number of hydrogen-bond acceptors (Lipinski definition) is 12. The fraction of sp³-hybridized carbons (Fsp3) is 0.154. The molecule has 0 spiro atoms. The number of carbonyl (C=O) groups excluding carboxylic acids is 4. The average molecular weight is 561 g/mol. The Kier molecular flexibility index (Phi) is 6.54. The van der Waals surface area contributed by atoms with Crippen LogP contribution in [0.5, 0.6) is 0 Å². The van der Waals surface area contributed by atoms with Crippen LogP contribution in [0.4, 0.5) is 5.69 Å². The lowest BCUT2D eigenvalue weighted by molar-refractivity contribution is -0.381. The van der Waals surface area contributed by atoms with Crippen LogP contribution < -0.4 is 0 Å². The second-order valence-corrected chi connectivity index (χ2v) is 8.42. The Morgan fingerprint density at radius 2 is 1.46 bits per heavy atom. The number of pyridine rings is 3. The molecule has 0 radical (unpaired) electrons. The van der Waals surface area contributed by atoms with Gasteiger partial charge in [0.25, 0.3) is 0 Å². The lowest BCUT2D eigenvalue weighted by atomic mass is 9.97. The quantitative estimate of drug-likeness (QED) is 0.138. The molecule has 0 amide bonds. The van der Waals surface area contributed by atoms with Gasteiger partial charge in [0.1, 0.15) is 22.3 Å². The van der Waals surface area contributed by atoms with Gasteiger partial charge in [0.2, 0.25) is 0 Å². The smallest absolute Gasteiger partial charge is 0.357 e. The molecule has 0 atom stereocenters.